The molecule has 104 valence electrons. The molecule has 0 spiro atoms. The summed E-state index contributed by atoms with van der Waals surface area (Å²) in [5.41, 5.74) is 1.84. The number of rotatable bonds is 2. The predicted molar refractivity (Wildman–Crippen MR) is 78.7 cm³/mol. The third-order valence-electron chi connectivity index (χ3n) is 3.89. The molecule has 4 nitrogen and oxygen atoms in total. The highest BCUT2D eigenvalue weighted by molar-refractivity contribution is 6.03. The highest BCUT2D eigenvalue weighted by atomic mass is 16.5. The standard InChI is InChI=1S/C16H18N2O2/c1-18(16(19)12-7-10-20-11-8-12)15-6-2-5-14-13(15)4-3-9-17-14/h2-6,9,12H,7-8,10-11H2,1H3. The van der Waals surface area contributed by atoms with Crippen LogP contribution in [0.4, 0.5) is 5.69 Å². The van der Waals surface area contributed by atoms with Gasteiger partial charge in [0.1, 0.15) is 0 Å². The van der Waals surface area contributed by atoms with E-state index in [0.29, 0.717) is 13.2 Å². The Bertz CT molecular complexity index is 615. The molecule has 3 rings (SSSR count). The van der Waals surface area contributed by atoms with E-state index >= 15 is 0 Å². The number of hydrogen-bond donors (Lipinski definition) is 0. The van der Waals surface area contributed by atoms with E-state index < -0.39 is 0 Å². The van der Waals surface area contributed by atoms with Crippen LogP contribution in [0.1, 0.15) is 12.8 Å². The Balaban J connectivity index is 1.91. The lowest BCUT2D eigenvalue weighted by Crippen LogP contribution is -2.36. The fourth-order valence-corrected chi connectivity index (χ4v) is 2.72. The minimum absolute atomic E-state index is 0.0701. The van der Waals surface area contributed by atoms with E-state index in [4.69, 9.17) is 4.74 Å². The molecule has 1 aromatic heterocycles. The Kier molecular flexibility index (Phi) is 3.65. The Labute approximate surface area is 118 Å². The molecule has 1 saturated heterocycles. The number of aromatic nitrogens is 1. The highest BCUT2D eigenvalue weighted by Gasteiger charge is 2.25. The lowest BCUT2D eigenvalue weighted by Gasteiger charge is -2.27. The van der Waals surface area contributed by atoms with Crippen molar-refractivity contribution in [2.24, 2.45) is 5.92 Å². The van der Waals surface area contributed by atoms with Gasteiger partial charge >= 0.3 is 0 Å². The first kappa shape index (κ1) is 13.1. The molecular formula is C16H18N2O2. The van der Waals surface area contributed by atoms with E-state index in [1.165, 1.54) is 0 Å². The van der Waals surface area contributed by atoms with Crippen molar-refractivity contribution in [2.75, 3.05) is 25.2 Å². The molecule has 0 radical (unpaired) electrons. The molecule has 0 saturated carbocycles. The van der Waals surface area contributed by atoms with E-state index in [1.807, 2.05) is 37.4 Å². The summed E-state index contributed by atoms with van der Waals surface area (Å²) in [6.45, 7) is 1.36. The molecule has 1 aliphatic heterocycles. The van der Waals surface area contributed by atoms with Gasteiger partial charge in [0, 0.05) is 37.8 Å². The average molecular weight is 270 g/mol. The van der Waals surface area contributed by atoms with Crippen LogP contribution in [0.25, 0.3) is 10.9 Å². The van der Waals surface area contributed by atoms with Crippen molar-refractivity contribution in [2.45, 2.75) is 12.8 Å². The minimum Gasteiger partial charge on any atom is -0.381 e. The summed E-state index contributed by atoms with van der Waals surface area (Å²) in [4.78, 5) is 18.7. The zero-order valence-electron chi connectivity index (χ0n) is 11.6. The minimum atomic E-state index is 0.0701. The summed E-state index contributed by atoms with van der Waals surface area (Å²) in [7, 11) is 1.85. The SMILES string of the molecule is CN(C(=O)C1CCOCC1)c1cccc2ncccc12. The van der Waals surface area contributed by atoms with Crippen LogP contribution in [0, 0.1) is 5.92 Å². The van der Waals surface area contributed by atoms with Gasteiger partial charge in [0.2, 0.25) is 5.91 Å². The Morgan fingerprint density at radius 1 is 1.25 bits per heavy atom. The quantitative estimate of drug-likeness (QED) is 0.842. The van der Waals surface area contributed by atoms with Crippen LogP contribution in [-0.2, 0) is 9.53 Å². The molecule has 1 aliphatic rings. The molecule has 0 atom stereocenters. The molecular weight excluding hydrogens is 252 g/mol. The summed E-state index contributed by atoms with van der Waals surface area (Å²) < 4.78 is 5.32. The summed E-state index contributed by atoms with van der Waals surface area (Å²) in [6.07, 6.45) is 3.39. The average Bonchev–Trinajstić information content (AvgIpc) is 2.54. The van der Waals surface area contributed by atoms with E-state index in [1.54, 1.807) is 11.1 Å². The predicted octanol–water partition coefficient (Wildman–Crippen LogP) is 2.62. The molecule has 2 aromatic rings. The number of benzene rings is 1. The van der Waals surface area contributed by atoms with Gasteiger partial charge in [-0.1, -0.05) is 6.07 Å². The second-order valence-electron chi connectivity index (χ2n) is 5.13. The summed E-state index contributed by atoms with van der Waals surface area (Å²) in [6, 6.07) is 9.79. The highest BCUT2D eigenvalue weighted by Crippen LogP contribution is 2.27. The molecule has 4 heteroatoms. The summed E-state index contributed by atoms with van der Waals surface area (Å²) in [5.74, 6) is 0.241. The number of fused-ring (bicyclic) bond motifs is 1. The molecule has 0 aliphatic carbocycles. The molecule has 0 bridgehead atoms. The second-order valence-corrected chi connectivity index (χ2v) is 5.13. The van der Waals surface area contributed by atoms with Crippen molar-refractivity contribution >= 4 is 22.5 Å². The van der Waals surface area contributed by atoms with E-state index in [0.717, 1.165) is 29.4 Å². The van der Waals surface area contributed by atoms with Crippen LogP contribution < -0.4 is 4.90 Å². The Morgan fingerprint density at radius 2 is 2.05 bits per heavy atom. The molecule has 1 aromatic carbocycles. The van der Waals surface area contributed by atoms with Crippen LogP contribution >= 0.6 is 0 Å². The van der Waals surface area contributed by atoms with Gasteiger partial charge < -0.3 is 9.64 Å². The third-order valence-corrected chi connectivity index (χ3v) is 3.89. The monoisotopic (exact) mass is 270 g/mol. The normalized spacial score (nSPS) is 16.2. The molecule has 20 heavy (non-hydrogen) atoms. The Hall–Kier alpha value is -1.94. The van der Waals surface area contributed by atoms with E-state index in [-0.39, 0.29) is 11.8 Å². The third kappa shape index (κ3) is 2.39. The van der Waals surface area contributed by atoms with Gasteiger partial charge in [0.15, 0.2) is 0 Å². The topological polar surface area (TPSA) is 42.4 Å². The van der Waals surface area contributed by atoms with Crippen LogP contribution in [-0.4, -0.2) is 31.2 Å². The van der Waals surface area contributed by atoms with Gasteiger partial charge in [0.25, 0.3) is 0 Å². The first-order valence-corrected chi connectivity index (χ1v) is 6.96. The van der Waals surface area contributed by atoms with Crippen LogP contribution in [0.3, 0.4) is 0 Å². The van der Waals surface area contributed by atoms with Crippen molar-refractivity contribution in [3.05, 3.63) is 36.5 Å². The van der Waals surface area contributed by atoms with Gasteiger partial charge in [0.05, 0.1) is 11.2 Å². The van der Waals surface area contributed by atoms with Crippen molar-refractivity contribution in [3.8, 4) is 0 Å². The van der Waals surface area contributed by atoms with Gasteiger partial charge in [-0.25, -0.2) is 0 Å². The second kappa shape index (κ2) is 5.59. The van der Waals surface area contributed by atoms with Gasteiger partial charge in [-0.3, -0.25) is 9.78 Å². The van der Waals surface area contributed by atoms with Gasteiger partial charge in [-0.15, -0.1) is 0 Å². The molecule has 1 fully saturated rings. The van der Waals surface area contributed by atoms with Gasteiger partial charge in [-0.05, 0) is 37.1 Å². The fraction of sp³-hybridized carbons (Fsp3) is 0.375. The number of carbonyl (C=O) groups is 1. The number of carbonyl (C=O) groups excluding carboxylic acids is 1. The van der Waals surface area contributed by atoms with Crippen molar-refractivity contribution in [1.82, 2.24) is 4.98 Å². The van der Waals surface area contributed by atoms with Crippen molar-refractivity contribution in [1.29, 1.82) is 0 Å². The number of hydrogen-bond acceptors (Lipinski definition) is 3. The smallest absolute Gasteiger partial charge is 0.230 e. The van der Waals surface area contributed by atoms with E-state index in [2.05, 4.69) is 4.98 Å². The maximum Gasteiger partial charge on any atom is 0.230 e. The number of ether oxygens (including phenoxy) is 1. The van der Waals surface area contributed by atoms with Crippen LogP contribution in [0.15, 0.2) is 36.5 Å². The van der Waals surface area contributed by atoms with Gasteiger partial charge in [-0.2, -0.15) is 0 Å². The maximum absolute atomic E-state index is 12.6. The zero-order valence-corrected chi connectivity index (χ0v) is 11.6. The molecule has 0 unspecified atom stereocenters. The number of pyridine rings is 1. The first-order valence-electron chi connectivity index (χ1n) is 6.96. The van der Waals surface area contributed by atoms with E-state index in [9.17, 15) is 4.79 Å². The largest absolute Gasteiger partial charge is 0.381 e. The lowest BCUT2D eigenvalue weighted by molar-refractivity contribution is -0.124. The number of nitrogens with zero attached hydrogens (tertiary/aromatic N) is 2. The van der Waals surface area contributed by atoms with Crippen molar-refractivity contribution in [3.63, 3.8) is 0 Å². The van der Waals surface area contributed by atoms with Crippen LogP contribution in [0.5, 0.6) is 0 Å². The fourth-order valence-electron chi connectivity index (χ4n) is 2.72. The summed E-state index contributed by atoms with van der Waals surface area (Å²) in [5, 5.41) is 1.01. The lowest BCUT2D eigenvalue weighted by atomic mass is 9.98. The molecule has 0 N–H and O–H groups in total. The van der Waals surface area contributed by atoms with Crippen molar-refractivity contribution < 1.29 is 9.53 Å². The first-order chi connectivity index (χ1) is 9.77. The Morgan fingerprint density at radius 3 is 2.85 bits per heavy atom. The molecule has 1 amide bonds. The zero-order chi connectivity index (χ0) is 13.9. The number of amides is 1. The van der Waals surface area contributed by atoms with Crippen LogP contribution in [0.2, 0.25) is 0 Å². The summed E-state index contributed by atoms with van der Waals surface area (Å²) >= 11 is 0. The number of anilines is 1. The maximum atomic E-state index is 12.6. The molecule has 2 heterocycles.